The van der Waals surface area contributed by atoms with Crippen LogP contribution in [0.5, 0.6) is 0 Å². The van der Waals surface area contributed by atoms with Crippen LogP contribution in [0.25, 0.3) is 0 Å². The first-order valence-electron chi connectivity index (χ1n) is 6.61. The van der Waals surface area contributed by atoms with Crippen molar-refractivity contribution < 1.29 is 17.6 Å². The van der Waals surface area contributed by atoms with Crippen LogP contribution in [-0.2, 0) is 0 Å². The first kappa shape index (κ1) is 14.1. The Kier molecular flexibility index (Phi) is 4.48. The van der Waals surface area contributed by atoms with Crippen molar-refractivity contribution in [3.05, 3.63) is 0 Å². The van der Waals surface area contributed by atoms with Gasteiger partial charge in [0.15, 0.2) is 0 Å². The molecule has 2 rings (SSSR count). The summed E-state index contributed by atoms with van der Waals surface area (Å²) in [7, 11) is 0. The molecule has 0 saturated carbocycles. The van der Waals surface area contributed by atoms with Crippen molar-refractivity contribution in [1.29, 1.82) is 0 Å². The zero-order valence-electron chi connectivity index (χ0n) is 10.4. The third-order valence-corrected chi connectivity index (χ3v) is 3.89. The average molecular weight is 268 g/mol. The standard InChI is InChI=1S/C12H20F4N2/c13-11(14)12(15,16)9-17-5-3-7-18-6-2-1-4-10(18)8-17/h10-11H,1-9H2. The molecule has 0 aliphatic carbocycles. The van der Waals surface area contributed by atoms with Crippen LogP contribution in [0, 0.1) is 0 Å². The van der Waals surface area contributed by atoms with E-state index < -0.39 is 18.9 Å². The van der Waals surface area contributed by atoms with Gasteiger partial charge in [-0.25, -0.2) is 8.78 Å². The van der Waals surface area contributed by atoms with Gasteiger partial charge in [-0.05, 0) is 38.9 Å². The molecule has 0 aromatic heterocycles. The van der Waals surface area contributed by atoms with Crippen molar-refractivity contribution >= 4 is 0 Å². The molecule has 2 aliphatic rings. The predicted molar refractivity (Wildman–Crippen MR) is 61.2 cm³/mol. The SMILES string of the molecule is FC(F)C(F)(F)CN1CCCN2CCCCC2C1. The summed E-state index contributed by atoms with van der Waals surface area (Å²) >= 11 is 0. The van der Waals surface area contributed by atoms with Gasteiger partial charge in [0.25, 0.3) is 0 Å². The van der Waals surface area contributed by atoms with Gasteiger partial charge in [-0.3, -0.25) is 9.80 Å². The fourth-order valence-electron chi connectivity index (χ4n) is 2.96. The minimum absolute atomic E-state index is 0.273. The highest BCUT2D eigenvalue weighted by Crippen LogP contribution is 2.27. The van der Waals surface area contributed by atoms with Crippen molar-refractivity contribution in [2.24, 2.45) is 0 Å². The average Bonchev–Trinajstić information content (AvgIpc) is 2.49. The van der Waals surface area contributed by atoms with Crippen LogP contribution < -0.4 is 0 Å². The van der Waals surface area contributed by atoms with Crippen LogP contribution in [0.2, 0.25) is 0 Å². The zero-order valence-corrected chi connectivity index (χ0v) is 10.4. The van der Waals surface area contributed by atoms with Crippen LogP contribution in [0.1, 0.15) is 25.7 Å². The lowest BCUT2D eigenvalue weighted by Gasteiger charge is -2.36. The maximum absolute atomic E-state index is 13.1. The molecule has 0 bridgehead atoms. The Morgan fingerprint density at radius 2 is 1.78 bits per heavy atom. The fourth-order valence-corrected chi connectivity index (χ4v) is 2.96. The number of halogens is 4. The van der Waals surface area contributed by atoms with E-state index in [1.54, 1.807) is 0 Å². The number of rotatable bonds is 3. The van der Waals surface area contributed by atoms with Crippen LogP contribution in [-0.4, -0.2) is 60.9 Å². The second-order valence-corrected chi connectivity index (χ2v) is 5.34. The molecule has 18 heavy (non-hydrogen) atoms. The summed E-state index contributed by atoms with van der Waals surface area (Å²) in [6.07, 6.45) is 0.486. The monoisotopic (exact) mass is 268 g/mol. The Labute approximate surface area is 105 Å². The lowest BCUT2D eigenvalue weighted by Crippen LogP contribution is -2.47. The number of hydrogen-bond donors (Lipinski definition) is 0. The van der Waals surface area contributed by atoms with Crippen LogP contribution in [0.3, 0.4) is 0 Å². The smallest absolute Gasteiger partial charge is 0.299 e. The molecule has 2 fully saturated rings. The molecule has 2 aliphatic heterocycles. The molecule has 1 atom stereocenters. The molecule has 2 saturated heterocycles. The predicted octanol–water partition coefficient (Wildman–Crippen LogP) is 2.45. The highest BCUT2D eigenvalue weighted by Gasteiger charge is 2.43. The summed E-state index contributed by atoms with van der Waals surface area (Å²) in [6, 6.07) is 0.273. The summed E-state index contributed by atoms with van der Waals surface area (Å²) in [4.78, 5) is 3.84. The quantitative estimate of drug-likeness (QED) is 0.725. The van der Waals surface area contributed by atoms with Crippen molar-refractivity contribution in [3.63, 3.8) is 0 Å². The van der Waals surface area contributed by atoms with Crippen molar-refractivity contribution in [3.8, 4) is 0 Å². The third kappa shape index (κ3) is 3.35. The fraction of sp³-hybridized carbons (Fsp3) is 1.00. The minimum atomic E-state index is -3.89. The summed E-state index contributed by atoms with van der Waals surface area (Å²) in [6.45, 7) is 2.11. The molecular weight excluding hydrogens is 248 g/mol. The van der Waals surface area contributed by atoms with E-state index in [0.717, 1.165) is 38.8 Å². The van der Waals surface area contributed by atoms with Crippen molar-refractivity contribution in [1.82, 2.24) is 9.80 Å². The first-order chi connectivity index (χ1) is 8.49. The molecule has 6 heteroatoms. The Balaban J connectivity index is 1.93. The van der Waals surface area contributed by atoms with Crippen molar-refractivity contribution in [2.45, 2.75) is 44.1 Å². The van der Waals surface area contributed by atoms with Gasteiger partial charge < -0.3 is 0 Å². The molecule has 0 aromatic rings. The Hall–Kier alpha value is -0.360. The van der Waals surface area contributed by atoms with Gasteiger partial charge in [0.2, 0.25) is 0 Å². The Bertz CT molecular complexity index is 273. The molecule has 0 amide bonds. The van der Waals surface area contributed by atoms with Gasteiger partial charge in [-0.15, -0.1) is 0 Å². The number of hydrogen-bond acceptors (Lipinski definition) is 2. The van der Waals surface area contributed by atoms with E-state index in [9.17, 15) is 17.6 Å². The maximum Gasteiger partial charge on any atom is 0.319 e. The molecule has 106 valence electrons. The molecule has 0 radical (unpaired) electrons. The van der Waals surface area contributed by atoms with Crippen molar-refractivity contribution in [2.75, 3.05) is 32.7 Å². The normalized spacial score (nSPS) is 28.2. The second-order valence-electron chi connectivity index (χ2n) is 5.34. The van der Waals surface area contributed by atoms with Gasteiger partial charge in [-0.1, -0.05) is 6.42 Å². The van der Waals surface area contributed by atoms with E-state index in [1.807, 2.05) is 0 Å². The number of piperidine rings is 1. The highest BCUT2D eigenvalue weighted by molar-refractivity contribution is 4.85. The number of nitrogens with zero attached hydrogens (tertiary/aromatic N) is 2. The van der Waals surface area contributed by atoms with E-state index in [-0.39, 0.29) is 6.04 Å². The van der Waals surface area contributed by atoms with Crippen LogP contribution >= 0.6 is 0 Å². The summed E-state index contributed by atoms with van der Waals surface area (Å²) in [5.74, 6) is -3.89. The lowest BCUT2D eigenvalue weighted by molar-refractivity contribution is -0.142. The number of alkyl halides is 4. The van der Waals surface area contributed by atoms with Gasteiger partial charge in [-0.2, -0.15) is 8.78 Å². The van der Waals surface area contributed by atoms with E-state index in [1.165, 1.54) is 4.90 Å². The first-order valence-corrected chi connectivity index (χ1v) is 6.61. The molecular formula is C12H20F4N2. The molecule has 0 N–H and O–H groups in total. The van der Waals surface area contributed by atoms with E-state index in [2.05, 4.69) is 4.90 Å². The summed E-state index contributed by atoms with van der Waals surface area (Å²) in [5.41, 5.74) is 0. The topological polar surface area (TPSA) is 6.48 Å². The van der Waals surface area contributed by atoms with Crippen LogP contribution in [0.15, 0.2) is 0 Å². The summed E-state index contributed by atoms with van der Waals surface area (Å²) < 4.78 is 50.6. The molecule has 0 spiro atoms. The molecule has 2 heterocycles. The van der Waals surface area contributed by atoms with E-state index in [4.69, 9.17) is 0 Å². The van der Waals surface area contributed by atoms with E-state index >= 15 is 0 Å². The molecule has 1 unspecified atom stereocenters. The summed E-state index contributed by atoms with van der Waals surface area (Å²) in [5, 5.41) is 0. The highest BCUT2D eigenvalue weighted by atomic mass is 19.3. The van der Waals surface area contributed by atoms with Gasteiger partial charge in [0.1, 0.15) is 0 Å². The van der Waals surface area contributed by atoms with Gasteiger partial charge in [0, 0.05) is 12.6 Å². The second kappa shape index (κ2) is 5.74. The molecule has 0 aromatic carbocycles. The maximum atomic E-state index is 13.1. The zero-order chi connectivity index (χ0) is 13.2. The Morgan fingerprint density at radius 1 is 1.06 bits per heavy atom. The Morgan fingerprint density at radius 3 is 2.50 bits per heavy atom. The van der Waals surface area contributed by atoms with Gasteiger partial charge in [0.05, 0.1) is 6.54 Å². The molecule has 2 nitrogen and oxygen atoms in total. The van der Waals surface area contributed by atoms with Gasteiger partial charge >= 0.3 is 12.3 Å². The largest absolute Gasteiger partial charge is 0.319 e. The minimum Gasteiger partial charge on any atom is -0.299 e. The van der Waals surface area contributed by atoms with E-state index in [0.29, 0.717) is 13.1 Å². The third-order valence-electron chi connectivity index (χ3n) is 3.89. The lowest BCUT2D eigenvalue weighted by atomic mass is 10.0. The number of fused-ring (bicyclic) bond motifs is 1. The van der Waals surface area contributed by atoms with Crippen LogP contribution in [0.4, 0.5) is 17.6 Å².